The van der Waals surface area contributed by atoms with Gasteiger partial charge >= 0.3 is 66.2 Å². The number of benzene rings is 2. The molecule has 0 amide bonds. The Morgan fingerprint density at radius 2 is 1.50 bits per heavy atom. The van der Waals surface area contributed by atoms with Crippen LogP contribution >= 0.6 is 22.3 Å². The molecule has 3 unspecified atom stereocenters. The van der Waals surface area contributed by atoms with Gasteiger partial charge in [-0.15, -0.1) is 5.10 Å². The molecule has 0 bridgehead atoms. The first-order chi connectivity index (χ1) is 15.8. The van der Waals surface area contributed by atoms with Crippen molar-refractivity contribution in [2.24, 2.45) is 5.10 Å². The maximum absolute atomic E-state index is 11.1. The van der Waals surface area contributed by atoms with E-state index in [9.17, 15) is 18.9 Å². The van der Waals surface area contributed by atoms with Gasteiger partial charge in [-0.05, 0) is 53.9 Å². The Balaban J connectivity index is 0.00000612. The molecule has 186 valence electrons. The van der Waals surface area contributed by atoms with Crippen LogP contribution in [0.25, 0.3) is 0 Å². The Bertz CT molecular complexity index is 1060. The average Bonchev–Trinajstić information content (AvgIpc) is 2.75. The number of hydrogen-bond donors (Lipinski definition) is 2. The molecule has 2 N–H and O–H groups in total. The number of rotatable bonds is 13. The second kappa shape index (κ2) is 17.1. The molecule has 0 fully saturated rings. The number of hydrogen-bond acceptors (Lipinski definition) is 9. The van der Waals surface area contributed by atoms with E-state index in [2.05, 4.69) is 5.10 Å². The van der Waals surface area contributed by atoms with Crippen LogP contribution in [0.1, 0.15) is 11.1 Å². The van der Waals surface area contributed by atoms with Gasteiger partial charge in [0.25, 0.3) is 0 Å². The Hall–Kier alpha value is 0.290. The molecule has 0 saturated carbocycles. The van der Waals surface area contributed by atoms with E-state index in [0.29, 0.717) is 5.75 Å². The molecular weight excluding hydrogens is 569 g/mol. The number of hydrazone groups is 1. The largest absolute Gasteiger partial charge is 1.00 e. The molecule has 2 aromatic carbocycles. The summed E-state index contributed by atoms with van der Waals surface area (Å²) in [5, 5.41) is 4.29. The molecule has 3 atom stereocenters. The van der Waals surface area contributed by atoms with E-state index in [4.69, 9.17) is 30.9 Å². The summed E-state index contributed by atoms with van der Waals surface area (Å²) in [6, 6.07) is 14.2. The third-order valence-corrected chi connectivity index (χ3v) is 7.70. The van der Waals surface area contributed by atoms with E-state index in [0.717, 1.165) is 21.8 Å². The van der Waals surface area contributed by atoms with Gasteiger partial charge < -0.3 is 33.4 Å². The van der Waals surface area contributed by atoms with E-state index in [1.165, 1.54) is 4.78 Å². The predicted molar refractivity (Wildman–Crippen MR) is 130 cm³/mol. The predicted octanol–water partition coefficient (Wildman–Crippen LogP) is -4.33. The van der Waals surface area contributed by atoms with Crippen molar-refractivity contribution in [3.05, 3.63) is 59.7 Å². The van der Waals surface area contributed by atoms with Gasteiger partial charge in [-0.3, -0.25) is 9.42 Å². The van der Waals surface area contributed by atoms with Crippen LogP contribution in [0.5, 0.6) is 11.5 Å². The molecule has 0 spiro atoms. The molecule has 17 heteroatoms. The third-order valence-electron chi connectivity index (χ3n) is 4.31. The van der Waals surface area contributed by atoms with E-state index >= 15 is 0 Å². The summed E-state index contributed by atoms with van der Waals surface area (Å²) in [6.45, 7) is -0.0175. The molecule has 0 heterocycles. The number of ether oxygens (including phenoxy) is 1. The van der Waals surface area contributed by atoms with Gasteiger partial charge in [-0.25, -0.2) is 0 Å². The second-order valence-corrected chi connectivity index (χ2v) is 12.5. The molecule has 0 aliphatic carbocycles. The van der Waals surface area contributed by atoms with Crippen LogP contribution in [-0.2, 0) is 27.4 Å². The number of methoxy groups -OCH3 is 1. The van der Waals surface area contributed by atoms with Crippen LogP contribution in [0.15, 0.2) is 53.6 Å². The fourth-order valence-corrected chi connectivity index (χ4v) is 5.32. The van der Waals surface area contributed by atoms with Crippen molar-refractivity contribution in [2.45, 2.75) is 6.42 Å². The molecule has 2 aromatic rings. The van der Waals surface area contributed by atoms with E-state index in [-0.39, 0.29) is 72.1 Å². The van der Waals surface area contributed by atoms with Crippen molar-refractivity contribution in [3.8, 4) is 11.5 Å². The Kier molecular flexibility index (Phi) is 17.2. The summed E-state index contributed by atoms with van der Waals surface area (Å²) in [4.78, 5) is 41.2. The van der Waals surface area contributed by atoms with Crippen molar-refractivity contribution >= 4 is 40.3 Å². The minimum atomic E-state index is -4.74. The van der Waals surface area contributed by atoms with Gasteiger partial charge in [0.2, 0.25) is 11.8 Å². The first kappa shape index (κ1) is 36.3. The van der Waals surface area contributed by atoms with Gasteiger partial charge in [-0.2, -0.15) is 0 Å². The Labute approximate surface area is 260 Å². The maximum Gasteiger partial charge on any atom is 1.00 e. The fraction of sp³-hybridized carbons (Fsp3) is 0.316. The van der Waals surface area contributed by atoms with Crippen LogP contribution in [0.4, 0.5) is 0 Å². The van der Waals surface area contributed by atoms with Crippen molar-refractivity contribution in [1.82, 2.24) is 9.68 Å². The monoisotopic (exact) mass is 594 g/mol. The molecule has 0 saturated heterocycles. The Morgan fingerprint density at radius 3 is 1.97 bits per heavy atom. The number of nitrogens with zero attached hydrogens (tertiary/aromatic N) is 3. The summed E-state index contributed by atoms with van der Waals surface area (Å²) >= 11 is 5.38. The summed E-state index contributed by atoms with van der Waals surface area (Å²) < 4.78 is 34.6. The van der Waals surface area contributed by atoms with Gasteiger partial charge in [0.1, 0.15) is 20.9 Å². The molecular formula is C19H25N3Na2O8P3S+. The van der Waals surface area contributed by atoms with Gasteiger partial charge in [-0.1, -0.05) is 16.9 Å². The minimum absolute atomic E-state index is 0. The molecule has 11 nitrogen and oxygen atoms in total. The van der Waals surface area contributed by atoms with Crippen molar-refractivity contribution < 1.29 is 97.1 Å². The second-order valence-electron chi connectivity index (χ2n) is 7.18. The fourth-order valence-electron chi connectivity index (χ4n) is 2.73. The van der Waals surface area contributed by atoms with E-state index in [1.54, 1.807) is 44.6 Å². The van der Waals surface area contributed by atoms with Crippen molar-refractivity contribution in [2.75, 3.05) is 33.3 Å². The zero-order chi connectivity index (χ0) is 25.4. The normalized spacial score (nSPS) is 14.7. The zero-order valence-electron chi connectivity index (χ0n) is 20.5. The molecule has 0 aliphatic heterocycles. The standard InChI is InChI=1S/C19H26N3O8P3S.2Na/c1-21(20-13-17-5-7-18(29-2)8-6-17)31(34)30-19-9-3-16(4-10-19)11-12-22(14-32(23,24)25)15-33(26,27)28;;/h3-10,13H,11-12,14-15H2,1-2H3,(H3-,23,24,25,26,27,28);;/q;2*+1/p-1/b20-13+;;. The van der Waals surface area contributed by atoms with Gasteiger partial charge in [0, 0.05) is 6.54 Å². The first-order valence-corrected chi connectivity index (χ1v) is 15.5. The first-order valence-electron chi connectivity index (χ1n) is 9.78. The summed E-state index contributed by atoms with van der Waals surface area (Å²) in [5.74, 6) is 1.25. The molecule has 36 heavy (non-hydrogen) atoms. The van der Waals surface area contributed by atoms with E-state index in [1.807, 2.05) is 24.3 Å². The van der Waals surface area contributed by atoms with Crippen molar-refractivity contribution in [3.63, 3.8) is 0 Å². The zero-order valence-corrected chi connectivity index (χ0v) is 28.0. The quantitative estimate of drug-likeness (QED) is 0.100. The van der Waals surface area contributed by atoms with Gasteiger partial charge in [0.15, 0.2) is 5.75 Å². The molecule has 0 aromatic heterocycles. The van der Waals surface area contributed by atoms with Crippen molar-refractivity contribution in [1.29, 1.82) is 0 Å². The van der Waals surface area contributed by atoms with Crippen LogP contribution in [0.3, 0.4) is 0 Å². The topological polar surface area (TPSA) is 158 Å². The van der Waals surface area contributed by atoms with E-state index < -0.39 is 34.8 Å². The molecule has 0 aliphatic rings. The van der Waals surface area contributed by atoms with Crippen LogP contribution in [0, 0.1) is 0 Å². The SMILES string of the molecule is COc1ccc(/C=N/N(C)[P+](=S)Oc2ccc(CCN(CP(=O)([O-])O)CP(=O)([O-])O)cc2)cc1.[Na+].[Na+]. The summed E-state index contributed by atoms with van der Waals surface area (Å²) in [7, 11) is -7.67. The summed E-state index contributed by atoms with van der Waals surface area (Å²) in [5.41, 5.74) is 1.63. The van der Waals surface area contributed by atoms with Crippen LogP contribution < -0.4 is 78.2 Å². The maximum atomic E-state index is 11.1. The Morgan fingerprint density at radius 1 is 1.00 bits per heavy atom. The molecule has 2 rings (SSSR count). The average molecular weight is 594 g/mol. The molecule has 0 radical (unpaired) electrons. The van der Waals surface area contributed by atoms with Crippen LogP contribution in [-0.4, -0.2) is 59.0 Å². The van der Waals surface area contributed by atoms with Gasteiger partial charge in [0.05, 0.1) is 32.9 Å². The summed E-state index contributed by atoms with van der Waals surface area (Å²) in [6.07, 6.45) is 0.157. The smallest absolute Gasteiger partial charge is 0.778 e. The third kappa shape index (κ3) is 15.0. The minimum Gasteiger partial charge on any atom is -0.778 e. The van der Waals surface area contributed by atoms with Crippen LogP contribution in [0.2, 0.25) is 0 Å².